The molecule has 0 radical (unpaired) electrons. The van der Waals surface area contributed by atoms with Crippen molar-refractivity contribution in [1.29, 1.82) is 0 Å². The van der Waals surface area contributed by atoms with Gasteiger partial charge in [0.1, 0.15) is 5.69 Å². The molecule has 0 spiro atoms. The number of anilines is 1. The van der Waals surface area contributed by atoms with Crippen molar-refractivity contribution in [3.05, 3.63) is 47.4 Å². The molecule has 1 aliphatic heterocycles. The van der Waals surface area contributed by atoms with Crippen LogP contribution in [0.25, 0.3) is 11.4 Å². The van der Waals surface area contributed by atoms with Gasteiger partial charge in [-0.25, -0.2) is 0 Å². The molecule has 1 fully saturated rings. The van der Waals surface area contributed by atoms with E-state index in [0.29, 0.717) is 6.04 Å². The van der Waals surface area contributed by atoms with E-state index >= 15 is 0 Å². The minimum absolute atomic E-state index is 0.558. The third-order valence-corrected chi connectivity index (χ3v) is 6.03. The topological polar surface area (TPSA) is 75.9 Å². The van der Waals surface area contributed by atoms with Crippen LogP contribution in [-0.2, 0) is 13.6 Å². The first kappa shape index (κ1) is 19.4. The number of hydrogen-bond donors (Lipinski definition) is 0. The molecule has 1 aliphatic rings. The van der Waals surface area contributed by atoms with Crippen LogP contribution in [-0.4, -0.2) is 61.3 Å². The van der Waals surface area contributed by atoms with Crippen LogP contribution in [0.2, 0.25) is 0 Å². The molecule has 29 heavy (non-hydrogen) atoms. The molecule has 0 amide bonds. The molecule has 0 saturated carbocycles. The fraction of sp³-hybridized carbons (Fsp3) is 0.476. The molecule has 0 atom stereocenters. The molecule has 1 saturated heterocycles. The summed E-state index contributed by atoms with van der Waals surface area (Å²) in [7, 11) is 4.13. The van der Waals surface area contributed by atoms with Gasteiger partial charge in [-0.3, -0.25) is 9.58 Å². The lowest BCUT2D eigenvalue weighted by Gasteiger charge is -2.37. The molecule has 0 N–H and O–H groups in total. The average Bonchev–Trinajstić information content (AvgIpc) is 3.16. The van der Waals surface area contributed by atoms with Gasteiger partial charge in [0.2, 0.25) is 0 Å². The molecule has 3 aromatic heterocycles. The summed E-state index contributed by atoms with van der Waals surface area (Å²) in [6.07, 6.45) is 7.61. The van der Waals surface area contributed by atoms with Gasteiger partial charge in [-0.15, -0.1) is 10.2 Å². The summed E-state index contributed by atoms with van der Waals surface area (Å²) in [6, 6.07) is 4.57. The summed E-state index contributed by atoms with van der Waals surface area (Å²) < 4.78 is 1.84. The summed E-state index contributed by atoms with van der Waals surface area (Å²) in [5.74, 6) is 1.01. The van der Waals surface area contributed by atoms with Crippen LogP contribution >= 0.6 is 0 Å². The van der Waals surface area contributed by atoms with Gasteiger partial charge in [0, 0.05) is 45.1 Å². The fourth-order valence-corrected chi connectivity index (χ4v) is 4.09. The Bertz CT molecular complexity index is 960. The van der Waals surface area contributed by atoms with E-state index in [0.717, 1.165) is 49.7 Å². The minimum atomic E-state index is 0.558. The molecule has 0 aliphatic carbocycles. The van der Waals surface area contributed by atoms with Crippen LogP contribution < -0.4 is 4.90 Å². The van der Waals surface area contributed by atoms with Crippen LogP contribution in [0.5, 0.6) is 0 Å². The van der Waals surface area contributed by atoms with E-state index in [4.69, 9.17) is 0 Å². The SMILES string of the molecule is Cc1c(-c2ccnn2C)nnc(N2CCC(N(C)Cc3ccnnc3)CC2)c1C. The highest BCUT2D eigenvalue weighted by molar-refractivity contribution is 5.64. The monoisotopic (exact) mass is 392 g/mol. The molecule has 4 rings (SSSR count). The van der Waals surface area contributed by atoms with E-state index in [2.05, 4.69) is 56.2 Å². The van der Waals surface area contributed by atoms with Gasteiger partial charge in [-0.1, -0.05) is 0 Å². The van der Waals surface area contributed by atoms with Crippen LogP contribution in [0, 0.1) is 13.8 Å². The van der Waals surface area contributed by atoms with E-state index < -0.39 is 0 Å². The molecule has 0 bridgehead atoms. The second-order valence-corrected chi connectivity index (χ2v) is 7.85. The normalized spacial score (nSPS) is 15.3. The smallest absolute Gasteiger partial charge is 0.154 e. The van der Waals surface area contributed by atoms with Crippen LogP contribution in [0.1, 0.15) is 29.5 Å². The van der Waals surface area contributed by atoms with Gasteiger partial charge in [-0.2, -0.15) is 15.3 Å². The highest BCUT2D eigenvalue weighted by atomic mass is 15.3. The maximum Gasteiger partial charge on any atom is 0.154 e. The van der Waals surface area contributed by atoms with Crippen molar-refractivity contribution in [2.24, 2.45) is 7.05 Å². The average molecular weight is 393 g/mol. The zero-order chi connectivity index (χ0) is 20.4. The molecule has 3 aromatic rings. The first-order valence-corrected chi connectivity index (χ1v) is 10.1. The molecule has 4 heterocycles. The first-order chi connectivity index (χ1) is 14.0. The molecule has 8 heteroatoms. The standard InChI is InChI=1S/C21H28N8/c1-15-16(2)21(26-25-20(15)19-6-10-24-28(19)4)29-11-7-18(8-12-29)27(3)14-17-5-9-22-23-13-17/h5-6,9-10,13,18H,7-8,11-12,14H2,1-4H3. The van der Waals surface area contributed by atoms with Gasteiger partial charge < -0.3 is 4.90 Å². The quantitative estimate of drug-likeness (QED) is 0.660. The van der Waals surface area contributed by atoms with Crippen molar-refractivity contribution < 1.29 is 0 Å². The fourth-order valence-electron chi connectivity index (χ4n) is 4.09. The van der Waals surface area contributed by atoms with E-state index in [1.165, 1.54) is 16.7 Å². The molecule has 8 nitrogen and oxygen atoms in total. The van der Waals surface area contributed by atoms with Crippen LogP contribution in [0.15, 0.2) is 30.7 Å². The Morgan fingerprint density at radius 3 is 2.48 bits per heavy atom. The zero-order valence-corrected chi connectivity index (χ0v) is 17.6. The van der Waals surface area contributed by atoms with Gasteiger partial charge in [0.15, 0.2) is 5.82 Å². The van der Waals surface area contributed by atoms with E-state index in [1.807, 2.05) is 30.1 Å². The van der Waals surface area contributed by atoms with Crippen molar-refractivity contribution in [2.45, 2.75) is 39.3 Å². The predicted octanol–water partition coefficient (Wildman–Crippen LogP) is 2.38. The number of aryl methyl sites for hydroxylation is 1. The predicted molar refractivity (Wildman–Crippen MR) is 112 cm³/mol. The molecule has 152 valence electrons. The van der Waals surface area contributed by atoms with Gasteiger partial charge in [-0.05, 0) is 62.6 Å². The summed E-state index contributed by atoms with van der Waals surface area (Å²) in [6.45, 7) is 7.15. The van der Waals surface area contributed by atoms with Crippen molar-refractivity contribution in [3.8, 4) is 11.4 Å². The minimum Gasteiger partial charge on any atom is -0.355 e. The van der Waals surface area contributed by atoms with Crippen molar-refractivity contribution >= 4 is 5.82 Å². The Labute approximate surface area is 171 Å². The number of nitrogens with zero attached hydrogens (tertiary/aromatic N) is 8. The molecular formula is C21H28N8. The highest BCUT2D eigenvalue weighted by Gasteiger charge is 2.25. The lowest BCUT2D eigenvalue weighted by atomic mass is 10.0. The maximum atomic E-state index is 4.60. The summed E-state index contributed by atoms with van der Waals surface area (Å²) in [5, 5.41) is 21.2. The van der Waals surface area contributed by atoms with E-state index in [-0.39, 0.29) is 0 Å². The van der Waals surface area contributed by atoms with Crippen molar-refractivity contribution in [3.63, 3.8) is 0 Å². The van der Waals surface area contributed by atoms with Crippen molar-refractivity contribution in [2.75, 3.05) is 25.0 Å². The second-order valence-electron chi connectivity index (χ2n) is 7.85. The van der Waals surface area contributed by atoms with Gasteiger partial charge >= 0.3 is 0 Å². The van der Waals surface area contributed by atoms with Crippen LogP contribution in [0.3, 0.4) is 0 Å². The number of aromatic nitrogens is 6. The Morgan fingerprint density at radius 1 is 1.03 bits per heavy atom. The molecule has 0 aromatic carbocycles. The van der Waals surface area contributed by atoms with Crippen LogP contribution in [0.4, 0.5) is 5.82 Å². The third-order valence-electron chi connectivity index (χ3n) is 6.03. The zero-order valence-electron chi connectivity index (χ0n) is 17.6. The van der Waals surface area contributed by atoms with Crippen molar-refractivity contribution in [1.82, 2.24) is 35.1 Å². The first-order valence-electron chi connectivity index (χ1n) is 10.1. The number of piperidine rings is 1. The number of rotatable bonds is 5. The summed E-state index contributed by atoms with van der Waals surface area (Å²) in [5.41, 5.74) is 5.48. The van der Waals surface area contributed by atoms with Gasteiger partial charge in [0.25, 0.3) is 0 Å². The maximum absolute atomic E-state index is 4.60. The Balaban J connectivity index is 1.43. The Morgan fingerprint density at radius 2 is 1.83 bits per heavy atom. The Hall–Kier alpha value is -2.87. The lowest BCUT2D eigenvalue weighted by molar-refractivity contribution is 0.199. The molecular weight excluding hydrogens is 364 g/mol. The Kier molecular flexibility index (Phi) is 5.53. The van der Waals surface area contributed by atoms with E-state index in [1.54, 1.807) is 12.4 Å². The largest absolute Gasteiger partial charge is 0.355 e. The lowest BCUT2D eigenvalue weighted by Crippen LogP contribution is -2.43. The third kappa shape index (κ3) is 3.98. The highest BCUT2D eigenvalue weighted by Crippen LogP contribution is 2.29. The van der Waals surface area contributed by atoms with Gasteiger partial charge in [0.05, 0.1) is 11.9 Å². The second kappa shape index (κ2) is 8.24. The summed E-state index contributed by atoms with van der Waals surface area (Å²) in [4.78, 5) is 4.80. The summed E-state index contributed by atoms with van der Waals surface area (Å²) >= 11 is 0. The molecule has 0 unspecified atom stereocenters. The number of hydrogen-bond acceptors (Lipinski definition) is 7. The van der Waals surface area contributed by atoms with E-state index in [9.17, 15) is 0 Å².